The molecule has 190 valence electrons. The number of ether oxygens (including phenoxy) is 2. The Balaban J connectivity index is 1.50. The van der Waals surface area contributed by atoms with Gasteiger partial charge >= 0.3 is 5.97 Å². The second kappa shape index (κ2) is 17.0. The lowest BCUT2D eigenvalue weighted by Crippen LogP contribution is -2.05. The van der Waals surface area contributed by atoms with Crippen LogP contribution in [0.3, 0.4) is 0 Å². The first-order chi connectivity index (χ1) is 17.5. The highest BCUT2D eigenvalue weighted by Crippen LogP contribution is 2.14. The maximum absolute atomic E-state index is 13.2. The third kappa shape index (κ3) is 12.2. The van der Waals surface area contributed by atoms with Crippen LogP contribution in [0.5, 0.6) is 5.75 Å². The van der Waals surface area contributed by atoms with Gasteiger partial charge < -0.3 is 9.47 Å². The summed E-state index contributed by atoms with van der Waals surface area (Å²) in [4.78, 5) is 11.3. The lowest BCUT2D eigenvalue weighted by molar-refractivity contribution is -0.139. The summed E-state index contributed by atoms with van der Waals surface area (Å²) in [5.41, 5.74) is 1.63. The third-order valence-electron chi connectivity index (χ3n) is 5.39. The van der Waals surface area contributed by atoms with Crippen molar-refractivity contribution in [3.05, 3.63) is 77.4 Å². The number of rotatable bonds is 14. The van der Waals surface area contributed by atoms with Gasteiger partial charge in [0.2, 0.25) is 0 Å². The summed E-state index contributed by atoms with van der Waals surface area (Å²) in [5.74, 6) is 9.67. The highest BCUT2D eigenvalue weighted by molar-refractivity contribution is 5.86. The van der Waals surface area contributed by atoms with Crippen molar-refractivity contribution < 1.29 is 23.0 Å². The summed E-state index contributed by atoms with van der Waals surface area (Å²) in [5, 5.41) is 0. The minimum atomic E-state index is -0.922. The van der Waals surface area contributed by atoms with Crippen LogP contribution in [0.2, 0.25) is 0 Å². The Bertz CT molecular complexity index is 1100. The number of esters is 1. The van der Waals surface area contributed by atoms with E-state index in [4.69, 9.17) is 9.47 Å². The predicted molar refractivity (Wildman–Crippen MR) is 139 cm³/mol. The van der Waals surface area contributed by atoms with Gasteiger partial charge in [-0.05, 0) is 74.1 Å². The number of carbonyl (C=O) groups excluding carboxylic acids is 1. The standard InChI is InChI=1S/C31H34F2O3/c1-25(2)31(34)36-23-13-9-7-5-3-4-6-8-12-22-35-28-19-16-26(17-20-28)14-10-11-15-27-18-21-29(32)30(33)24-27/h16-21,24H,1,3-9,12-13,22-23H2,2H3. The van der Waals surface area contributed by atoms with Gasteiger partial charge in [-0.15, -0.1) is 0 Å². The van der Waals surface area contributed by atoms with Gasteiger partial charge in [0.1, 0.15) is 5.75 Å². The van der Waals surface area contributed by atoms with Crippen LogP contribution in [0.25, 0.3) is 0 Å². The quantitative estimate of drug-likeness (QED) is 0.119. The van der Waals surface area contributed by atoms with Gasteiger partial charge in [-0.2, -0.15) is 0 Å². The molecule has 0 aromatic heterocycles. The van der Waals surface area contributed by atoms with Gasteiger partial charge in [-0.3, -0.25) is 0 Å². The molecule has 5 heteroatoms. The molecule has 0 aliphatic heterocycles. The normalized spacial score (nSPS) is 9.97. The van der Waals surface area contributed by atoms with Gasteiger partial charge in [0.05, 0.1) is 13.2 Å². The molecule has 36 heavy (non-hydrogen) atoms. The molecule has 0 unspecified atom stereocenters. The van der Waals surface area contributed by atoms with Crippen LogP contribution in [0.1, 0.15) is 75.8 Å². The number of carbonyl (C=O) groups is 1. The molecule has 0 bridgehead atoms. The third-order valence-corrected chi connectivity index (χ3v) is 5.39. The fourth-order valence-corrected chi connectivity index (χ4v) is 3.33. The molecular formula is C31H34F2O3. The van der Waals surface area contributed by atoms with E-state index in [0.29, 0.717) is 24.4 Å². The minimum absolute atomic E-state index is 0.299. The highest BCUT2D eigenvalue weighted by Gasteiger charge is 2.02. The van der Waals surface area contributed by atoms with Crippen LogP contribution in [-0.4, -0.2) is 19.2 Å². The molecule has 2 aromatic carbocycles. The molecule has 0 amide bonds. The van der Waals surface area contributed by atoms with Crippen LogP contribution in [0.15, 0.2) is 54.6 Å². The second-order valence-electron chi connectivity index (χ2n) is 8.60. The molecule has 0 saturated heterocycles. The van der Waals surface area contributed by atoms with E-state index in [9.17, 15) is 13.6 Å². The van der Waals surface area contributed by atoms with E-state index in [1.165, 1.54) is 38.2 Å². The number of benzene rings is 2. The number of hydrogen-bond acceptors (Lipinski definition) is 3. The number of hydrogen-bond donors (Lipinski definition) is 0. The van der Waals surface area contributed by atoms with Crippen molar-refractivity contribution in [2.75, 3.05) is 13.2 Å². The molecule has 0 N–H and O–H groups in total. The van der Waals surface area contributed by atoms with Crippen LogP contribution in [-0.2, 0) is 9.53 Å². The Hall–Kier alpha value is -3.57. The van der Waals surface area contributed by atoms with E-state index >= 15 is 0 Å². The molecule has 0 fully saturated rings. The maximum atomic E-state index is 13.2. The van der Waals surface area contributed by atoms with Crippen LogP contribution in [0.4, 0.5) is 8.78 Å². The first-order valence-electron chi connectivity index (χ1n) is 12.5. The van der Waals surface area contributed by atoms with Crippen molar-refractivity contribution in [3.63, 3.8) is 0 Å². The molecule has 0 aliphatic rings. The second-order valence-corrected chi connectivity index (χ2v) is 8.60. The molecule has 0 saturated carbocycles. The smallest absolute Gasteiger partial charge is 0.333 e. The fourth-order valence-electron chi connectivity index (χ4n) is 3.33. The van der Waals surface area contributed by atoms with E-state index in [1.807, 2.05) is 24.3 Å². The van der Waals surface area contributed by atoms with Crippen LogP contribution >= 0.6 is 0 Å². The summed E-state index contributed by atoms with van der Waals surface area (Å²) in [7, 11) is 0. The minimum Gasteiger partial charge on any atom is -0.494 e. The van der Waals surface area contributed by atoms with Crippen molar-refractivity contribution in [2.24, 2.45) is 0 Å². The predicted octanol–water partition coefficient (Wildman–Crippen LogP) is 7.38. The highest BCUT2D eigenvalue weighted by atomic mass is 19.2. The van der Waals surface area contributed by atoms with Crippen molar-refractivity contribution in [3.8, 4) is 29.4 Å². The SMILES string of the molecule is C=C(C)C(=O)OCCCCCCCCCCCOc1ccc(C#CC#Cc2ccc(F)c(F)c2)cc1. The lowest BCUT2D eigenvalue weighted by Gasteiger charge is -2.06. The Morgan fingerprint density at radius 2 is 1.28 bits per heavy atom. The first-order valence-corrected chi connectivity index (χ1v) is 12.5. The molecular weight excluding hydrogens is 458 g/mol. The van der Waals surface area contributed by atoms with E-state index in [0.717, 1.165) is 49.1 Å². The van der Waals surface area contributed by atoms with E-state index in [-0.39, 0.29) is 5.97 Å². The number of unbranched alkanes of at least 4 members (excludes halogenated alkanes) is 8. The maximum Gasteiger partial charge on any atom is 0.333 e. The zero-order valence-corrected chi connectivity index (χ0v) is 21.0. The average molecular weight is 493 g/mol. The molecule has 0 spiro atoms. The molecule has 0 atom stereocenters. The summed E-state index contributed by atoms with van der Waals surface area (Å²) < 4.78 is 37.0. The van der Waals surface area contributed by atoms with E-state index in [1.54, 1.807) is 6.92 Å². The fraction of sp³-hybridized carbons (Fsp3) is 0.387. The molecule has 0 radical (unpaired) electrons. The van der Waals surface area contributed by atoms with E-state index in [2.05, 4.69) is 30.3 Å². The van der Waals surface area contributed by atoms with E-state index < -0.39 is 11.6 Å². The van der Waals surface area contributed by atoms with Gasteiger partial charge in [0.25, 0.3) is 0 Å². The van der Waals surface area contributed by atoms with Crippen LogP contribution < -0.4 is 4.74 Å². The summed E-state index contributed by atoms with van der Waals surface area (Å²) in [6, 6.07) is 11.0. The monoisotopic (exact) mass is 492 g/mol. The Morgan fingerprint density at radius 3 is 1.86 bits per heavy atom. The molecule has 0 aliphatic carbocycles. The van der Waals surface area contributed by atoms with Gasteiger partial charge in [-0.25, -0.2) is 13.6 Å². The van der Waals surface area contributed by atoms with Crippen molar-refractivity contribution in [2.45, 2.75) is 64.7 Å². The topological polar surface area (TPSA) is 35.5 Å². The zero-order chi connectivity index (χ0) is 26.0. The largest absolute Gasteiger partial charge is 0.494 e. The molecule has 2 rings (SSSR count). The van der Waals surface area contributed by atoms with Gasteiger partial charge in [0.15, 0.2) is 11.6 Å². The van der Waals surface area contributed by atoms with Crippen molar-refractivity contribution in [1.29, 1.82) is 0 Å². The Kier molecular flexibility index (Phi) is 13.5. The Labute approximate surface area is 213 Å². The first kappa shape index (κ1) is 28.7. The molecule has 0 heterocycles. The summed E-state index contributed by atoms with van der Waals surface area (Å²) in [6.07, 6.45) is 10.2. The Morgan fingerprint density at radius 1 is 0.750 bits per heavy atom. The van der Waals surface area contributed by atoms with Gasteiger partial charge in [-0.1, -0.05) is 63.4 Å². The van der Waals surface area contributed by atoms with Crippen molar-refractivity contribution >= 4 is 5.97 Å². The number of halogens is 2. The van der Waals surface area contributed by atoms with Crippen molar-refractivity contribution in [1.82, 2.24) is 0 Å². The molecule has 3 nitrogen and oxygen atoms in total. The molecule has 2 aromatic rings. The van der Waals surface area contributed by atoms with Gasteiger partial charge in [0, 0.05) is 16.7 Å². The zero-order valence-electron chi connectivity index (χ0n) is 21.0. The average Bonchev–Trinajstić information content (AvgIpc) is 2.87. The summed E-state index contributed by atoms with van der Waals surface area (Å²) >= 11 is 0. The lowest BCUT2D eigenvalue weighted by atomic mass is 10.1. The van der Waals surface area contributed by atoms with Crippen LogP contribution in [0, 0.1) is 35.3 Å². The summed E-state index contributed by atoms with van der Waals surface area (Å²) in [6.45, 7) is 6.40.